The Morgan fingerprint density at radius 2 is 2.04 bits per heavy atom. The third-order valence-corrected chi connectivity index (χ3v) is 3.58. The van der Waals surface area contributed by atoms with Gasteiger partial charge in [0.15, 0.2) is 0 Å². The van der Waals surface area contributed by atoms with E-state index in [9.17, 15) is 4.79 Å². The molecule has 2 heterocycles. The van der Waals surface area contributed by atoms with Gasteiger partial charge in [0.2, 0.25) is 0 Å². The lowest BCUT2D eigenvalue weighted by Gasteiger charge is -2.07. The van der Waals surface area contributed by atoms with Crippen LogP contribution in [-0.2, 0) is 6.54 Å². The maximum atomic E-state index is 12.1. The third-order valence-electron chi connectivity index (χ3n) is 3.58. The Labute approximate surface area is 140 Å². The topological polar surface area (TPSA) is 69.0 Å². The van der Waals surface area contributed by atoms with E-state index in [1.54, 1.807) is 43.8 Å². The SMILES string of the molecule is COc1cccc(C(=O)NCCn2ccc(-c3ccncc3)n2)c1. The molecule has 0 saturated carbocycles. The molecule has 1 amide bonds. The van der Waals surface area contributed by atoms with Crippen LogP contribution >= 0.6 is 0 Å². The third kappa shape index (κ3) is 3.78. The van der Waals surface area contributed by atoms with E-state index < -0.39 is 0 Å². The van der Waals surface area contributed by atoms with E-state index in [1.807, 2.05) is 29.1 Å². The summed E-state index contributed by atoms with van der Waals surface area (Å²) in [4.78, 5) is 16.1. The first kappa shape index (κ1) is 15.7. The summed E-state index contributed by atoms with van der Waals surface area (Å²) in [5.41, 5.74) is 2.48. The zero-order chi connectivity index (χ0) is 16.8. The van der Waals surface area contributed by atoms with E-state index >= 15 is 0 Å². The Kier molecular flexibility index (Phi) is 4.86. The van der Waals surface area contributed by atoms with Gasteiger partial charge in [0.05, 0.1) is 19.3 Å². The maximum absolute atomic E-state index is 12.1. The largest absolute Gasteiger partial charge is 0.497 e. The number of ether oxygens (including phenoxy) is 1. The molecule has 6 nitrogen and oxygen atoms in total. The van der Waals surface area contributed by atoms with Crippen molar-refractivity contribution in [2.45, 2.75) is 6.54 Å². The molecular formula is C18H18N4O2. The quantitative estimate of drug-likeness (QED) is 0.756. The van der Waals surface area contributed by atoms with Crippen molar-refractivity contribution in [3.05, 3.63) is 66.6 Å². The van der Waals surface area contributed by atoms with E-state index in [4.69, 9.17) is 4.74 Å². The molecule has 122 valence electrons. The summed E-state index contributed by atoms with van der Waals surface area (Å²) < 4.78 is 6.93. The number of pyridine rings is 1. The monoisotopic (exact) mass is 322 g/mol. The Bertz CT molecular complexity index is 815. The lowest BCUT2D eigenvalue weighted by Crippen LogP contribution is -2.27. The molecule has 0 aliphatic rings. The molecule has 0 atom stereocenters. The van der Waals surface area contributed by atoms with E-state index in [1.165, 1.54) is 0 Å². The number of carbonyl (C=O) groups excluding carboxylic acids is 1. The highest BCUT2D eigenvalue weighted by Crippen LogP contribution is 2.15. The Morgan fingerprint density at radius 1 is 1.21 bits per heavy atom. The lowest BCUT2D eigenvalue weighted by atomic mass is 10.2. The molecule has 0 spiro atoms. The molecule has 0 bridgehead atoms. The molecule has 0 unspecified atom stereocenters. The Morgan fingerprint density at radius 3 is 2.83 bits per heavy atom. The van der Waals surface area contributed by atoms with E-state index in [0.29, 0.717) is 24.4 Å². The summed E-state index contributed by atoms with van der Waals surface area (Å²) in [6.45, 7) is 1.09. The minimum atomic E-state index is -0.129. The molecule has 0 aliphatic carbocycles. The average molecular weight is 322 g/mol. The molecule has 24 heavy (non-hydrogen) atoms. The van der Waals surface area contributed by atoms with Crippen LogP contribution < -0.4 is 10.1 Å². The van der Waals surface area contributed by atoms with Crippen molar-refractivity contribution in [2.75, 3.05) is 13.7 Å². The number of nitrogens with one attached hydrogen (secondary N) is 1. The van der Waals surface area contributed by atoms with Crippen LogP contribution in [0.3, 0.4) is 0 Å². The van der Waals surface area contributed by atoms with Gasteiger partial charge < -0.3 is 10.1 Å². The molecule has 1 aromatic carbocycles. The predicted molar refractivity (Wildman–Crippen MR) is 90.8 cm³/mol. The number of aromatic nitrogens is 3. The van der Waals surface area contributed by atoms with Gasteiger partial charge in [0.1, 0.15) is 5.75 Å². The molecule has 2 aromatic heterocycles. The molecular weight excluding hydrogens is 304 g/mol. The highest BCUT2D eigenvalue weighted by Gasteiger charge is 2.06. The maximum Gasteiger partial charge on any atom is 0.251 e. The van der Waals surface area contributed by atoms with Crippen LogP contribution in [0, 0.1) is 0 Å². The van der Waals surface area contributed by atoms with Crippen molar-refractivity contribution < 1.29 is 9.53 Å². The number of rotatable bonds is 6. The zero-order valence-electron chi connectivity index (χ0n) is 13.3. The van der Waals surface area contributed by atoms with E-state index in [-0.39, 0.29) is 5.91 Å². The predicted octanol–water partition coefficient (Wildman–Crippen LogP) is 2.38. The lowest BCUT2D eigenvalue weighted by molar-refractivity contribution is 0.0951. The van der Waals surface area contributed by atoms with Gasteiger partial charge in [-0.3, -0.25) is 14.5 Å². The van der Waals surface area contributed by atoms with Crippen LogP contribution in [-0.4, -0.2) is 34.3 Å². The van der Waals surface area contributed by atoms with Crippen LogP contribution in [0.1, 0.15) is 10.4 Å². The van der Waals surface area contributed by atoms with E-state index in [0.717, 1.165) is 11.3 Å². The fourth-order valence-corrected chi connectivity index (χ4v) is 2.31. The summed E-state index contributed by atoms with van der Waals surface area (Å²) in [6, 6.07) is 12.8. The highest BCUT2D eigenvalue weighted by atomic mass is 16.5. The minimum absolute atomic E-state index is 0.129. The summed E-state index contributed by atoms with van der Waals surface area (Å²) in [6.07, 6.45) is 5.37. The van der Waals surface area contributed by atoms with Gasteiger partial charge in [0, 0.05) is 36.3 Å². The van der Waals surface area contributed by atoms with Crippen LogP contribution in [0.15, 0.2) is 61.1 Å². The van der Waals surface area contributed by atoms with Crippen molar-refractivity contribution in [1.29, 1.82) is 0 Å². The summed E-state index contributed by atoms with van der Waals surface area (Å²) in [5, 5.41) is 7.38. The second kappa shape index (κ2) is 7.41. The van der Waals surface area contributed by atoms with Crippen LogP contribution in [0.5, 0.6) is 5.75 Å². The fraction of sp³-hybridized carbons (Fsp3) is 0.167. The Balaban J connectivity index is 1.55. The van der Waals surface area contributed by atoms with Crippen molar-refractivity contribution in [3.8, 4) is 17.0 Å². The molecule has 0 saturated heterocycles. The first-order chi connectivity index (χ1) is 11.8. The Hall–Kier alpha value is -3.15. The van der Waals surface area contributed by atoms with Crippen LogP contribution in [0.4, 0.5) is 0 Å². The van der Waals surface area contributed by atoms with Gasteiger partial charge in [-0.15, -0.1) is 0 Å². The molecule has 0 aliphatic heterocycles. The minimum Gasteiger partial charge on any atom is -0.497 e. The van der Waals surface area contributed by atoms with Crippen molar-refractivity contribution in [3.63, 3.8) is 0 Å². The smallest absolute Gasteiger partial charge is 0.251 e. The molecule has 3 rings (SSSR count). The highest BCUT2D eigenvalue weighted by molar-refractivity contribution is 5.94. The zero-order valence-corrected chi connectivity index (χ0v) is 13.3. The number of benzene rings is 1. The van der Waals surface area contributed by atoms with Crippen LogP contribution in [0.2, 0.25) is 0 Å². The van der Waals surface area contributed by atoms with Gasteiger partial charge in [-0.1, -0.05) is 6.07 Å². The van der Waals surface area contributed by atoms with Crippen molar-refractivity contribution in [2.24, 2.45) is 0 Å². The average Bonchev–Trinajstić information content (AvgIpc) is 3.11. The van der Waals surface area contributed by atoms with Gasteiger partial charge in [-0.2, -0.15) is 5.10 Å². The second-order valence-corrected chi connectivity index (χ2v) is 5.19. The molecule has 3 aromatic rings. The second-order valence-electron chi connectivity index (χ2n) is 5.19. The summed E-state index contributed by atoms with van der Waals surface area (Å²) in [7, 11) is 1.58. The van der Waals surface area contributed by atoms with E-state index in [2.05, 4.69) is 15.4 Å². The standard InChI is InChI=1S/C18H18N4O2/c1-24-16-4-2-3-15(13-16)18(23)20-10-12-22-11-7-17(21-22)14-5-8-19-9-6-14/h2-9,11,13H,10,12H2,1H3,(H,20,23). The number of nitrogens with zero attached hydrogens (tertiary/aromatic N) is 3. The summed E-state index contributed by atoms with van der Waals surface area (Å²) >= 11 is 0. The molecule has 6 heteroatoms. The first-order valence-corrected chi connectivity index (χ1v) is 7.62. The van der Waals surface area contributed by atoms with Gasteiger partial charge >= 0.3 is 0 Å². The summed E-state index contributed by atoms with van der Waals surface area (Å²) in [5.74, 6) is 0.534. The molecule has 1 N–H and O–H groups in total. The first-order valence-electron chi connectivity index (χ1n) is 7.62. The number of carbonyl (C=O) groups is 1. The number of hydrogen-bond acceptors (Lipinski definition) is 4. The number of amides is 1. The van der Waals surface area contributed by atoms with Crippen LogP contribution in [0.25, 0.3) is 11.3 Å². The van der Waals surface area contributed by atoms with Gasteiger partial charge in [0.25, 0.3) is 5.91 Å². The fourth-order valence-electron chi connectivity index (χ4n) is 2.31. The number of methoxy groups -OCH3 is 1. The van der Waals surface area contributed by atoms with Crippen molar-refractivity contribution >= 4 is 5.91 Å². The normalized spacial score (nSPS) is 10.4. The molecule has 0 fully saturated rings. The van der Waals surface area contributed by atoms with Gasteiger partial charge in [-0.25, -0.2) is 0 Å². The molecule has 0 radical (unpaired) electrons. The van der Waals surface area contributed by atoms with Gasteiger partial charge in [-0.05, 0) is 36.4 Å². The van der Waals surface area contributed by atoms with Crippen molar-refractivity contribution in [1.82, 2.24) is 20.1 Å². The number of hydrogen-bond donors (Lipinski definition) is 1.